The number of hydrogen-bond acceptors (Lipinski definition) is 5. The lowest BCUT2D eigenvalue weighted by Gasteiger charge is -2.13. The third-order valence-electron chi connectivity index (χ3n) is 5.92. The molecule has 1 N–H and O–H groups in total. The number of nitrogens with zero attached hydrogens (tertiary/aromatic N) is 2. The van der Waals surface area contributed by atoms with Gasteiger partial charge in [0.1, 0.15) is 4.83 Å². The summed E-state index contributed by atoms with van der Waals surface area (Å²) in [5, 5.41) is 4.66. The fourth-order valence-electron chi connectivity index (χ4n) is 3.93. The third kappa shape index (κ3) is 5.47. The molecule has 0 aliphatic heterocycles. The first kappa shape index (κ1) is 25.5. The summed E-state index contributed by atoms with van der Waals surface area (Å²) in [5.74, 6) is -0.0695. The number of carbonyl (C=O) groups is 1. The highest BCUT2D eigenvalue weighted by atomic mass is 35.5. The van der Waals surface area contributed by atoms with E-state index in [-0.39, 0.29) is 17.2 Å². The lowest BCUT2D eigenvalue weighted by Crippen LogP contribution is -2.23. The number of amides is 1. The number of halogens is 1. The molecule has 2 heterocycles. The van der Waals surface area contributed by atoms with Gasteiger partial charge in [-0.2, -0.15) is 0 Å². The first-order valence-corrected chi connectivity index (χ1v) is 13.8. The van der Waals surface area contributed by atoms with Gasteiger partial charge in [-0.3, -0.25) is 14.2 Å². The molecule has 0 saturated carbocycles. The van der Waals surface area contributed by atoms with Crippen molar-refractivity contribution >= 4 is 56.5 Å². The van der Waals surface area contributed by atoms with E-state index in [1.165, 1.54) is 22.2 Å². The largest absolute Gasteiger partial charge is 0.325 e. The number of carbonyl (C=O) groups excluding carboxylic acids is 1. The Kier molecular flexibility index (Phi) is 7.99. The lowest BCUT2D eigenvalue weighted by molar-refractivity contribution is -0.113. The van der Waals surface area contributed by atoms with Crippen LogP contribution in [0.5, 0.6) is 0 Å². The van der Waals surface area contributed by atoms with Crippen LogP contribution in [0.2, 0.25) is 5.02 Å². The Morgan fingerprint density at radius 1 is 1.14 bits per heavy atom. The standard InChI is InChI=1S/C27H28ClN3O2S2/c1-5-7-22-17(4)24-25(35-22)30-27(31(26(24)33)20-12-9-18(6-2)10-13-20)34-15-23(32)29-21-14-19(28)11-8-16(21)3/h8-14H,5-7,15H2,1-4H3,(H,29,32). The molecule has 0 fully saturated rings. The summed E-state index contributed by atoms with van der Waals surface area (Å²) in [7, 11) is 0. The van der Waals surface area contributed by atoms with Crippen LogP contribution in [-0.4, -0.2) is 21.2 Å². The van der Waals surface area contributed by atoms with Gasteiger partial charge < -0.3 is 5.32 Å². The number of fused-ring (bicyclic) bond motifs is 1. The predicted octanol–water partition coefficient (Wildman–Crippen LogP) is 6.96. The van der Waals surface area contributed by atoms with Crippen molar-refractivity contribution in [3.8, 4) is 5.69 Å². The smallest absolute Gasteiger partial charge is 0.267 e. The monoisotopic (exact) mass is 525 g/mol. The van der Waals surface area contributed by atoms with Crippen molar-refractivity contribution in [2.75, 3.05) is 11.1 Å². The van der Waals surface area contributed by atoms with Gasteiger partial charge in [-0.1, -0.05) is 61.8 Å². The number of thioether (sulfide) groups is 1. The van der Waals surface area contributed by atoms with Crippen molar-refractivity contribution in [2.24, 2.45) is 0 Å². The summed E-state index contributed by atoms with van der Waals surface area (Å²) in [6.07, 6.45) is 2.84. The normalized spacial score (nSPS) is 11.2. The van der Waals surface area contributed by atoms with Gasteiger partial charge in [0.15, 0.2) is 5.16 Å². The topological polar surface area (TPSA) is 64.0 Å². The maximum Gasteiger partial charge on any atom is 0.267 e. The number of thiophene rings is 1. The minimum absolute atomic E-state index is 0.0936. The number of hydrogen-bond donors (Lipinski definition) is 1. The maximum absolute atomic E-state index is 13.8. The molecule has 5 nitrogen and oxygen atoms in total. The van der Waals surface area contributed by atoms with E-state index in [1.54, 1.807) is 28.0 Å². The summed E-state index contributed by atoms with van der Waals surface area (Å²) in [4.78, 5) is 33.3. The molecule has 1 amide bonds. The second-order valence-corrected chi connectivity index (χ2v) is 10.9. The number of nitrogens with one attached hydrogen (secondary N) is 1. The SMILES string of the molecule is CCCc1sc2nc(SCC(=O)Nc3cc(Cl)ccc3C)n(-c3ccc(CC)cc3)c(=O)c2c1C. The first-order chi connectivity index (χ1) is 16.8. The molecule has 4 rings (SSSR count). The van der Waals surface area contributed by atoms with Gasteiger partial charge in [0.25, 0.3) is 5.56 Å². The Balaban J connectivity index is 1.72. The van der Waals surface area contributed by atoms with Crippen LogP contribution < -0.4 is 10.9 Å². The minimum Gasteiger partial charge on any atom is -0.325 e. The van der Waals surface area contributed by atoms with Crippen LogP contribution >= 0.6 is 34.7 Å². The second kappa shape index (κ2) is 11.0. The van der Waals surface area contributed by atoms with Crippen LogP contribution in [0.15, 0.2) is 52.4 Å². The molecule has 35 heavy (non-hydrogen) atoms. The number of aryl methyl sites for hydroxylation is 4. The van der Waals surface area contributed by atoms with Gasteiger partial charge in [-0.25, -0.2) is 4.98 Å². The molecule has 0 saturated heterocycles. The first-order valence-electron chi connectivity index (χ1n) is 11.7. The highest BCUT2D eigenvalue weighted by Gasteiger charge is 2.20. The van der Waals surface area contributed by atoms with Crippen molar-refractivity contribution in [3.63, 3.8) is 0 Å². The van der Waals surface area contributed by atoms with Crippen molar-refractivity contribution < 1.29 is 4.79 Å². The zero-order valence-electron chi connectivity index (χ0n) is 20.3. The summed E-state index contributed by atoms with van der Waals surface area (Å²) in [6, 6.07) is 13.3. The van der Waals surface area contributed by atoms with Gasteiger partial charge in [0.2, 0.25) is 5.91 Å². The van der Waals surface area contributed by atoms with E-state index < -0.39 is 0 Å². The van der Waals surface area contributed by atoms with Crippen LogP contribution in [0.4, 0.5) is 5.69 Å². The second-order valence-electron chi connectivity index (χ2n) is 8.43. The lowest BCUT2D eigenvalue weighted by atomic mass is 10.1. The predicted molar refractivity (Wildman–Crippen MR) is 149 cm³/mol. The number of rotatable bonds is 8. The zero-order chi connectivity index (χ0) is 25.1. The average molecular weight is 526 g/mol. The summed E-state index contributed by atoms with van der Waals surface area (Å²) < 4.78 is 1.64. The maximum atomic E-state index is 13.8. The van der Waals surface area contributed by atoms with Gasteiger partial charge >= 0.3 is 0 Å². The van der Waals surface area contributed by atoms with Crippen LogP contribution in [0.1, 0.15) is 41.8 Å². The summed E-state index contributed by atoms with van der Waals surface area (Å²) in [5.41, 5.74) is 4.46. The Labute approximate surface area is 218 Å². The van der Waals surface area contributed by atoms with Crippen molar-refractivity contribution in [1.82, 2.24) is 9.55 Å². The molecule has 0 radical (unpaired) electrons. The average Bonchev–Trinajstić information content (AvgIpc) is 3.15. The van der Waals surface area contributed by atoms with Crippen molar-refractivity contribution in [1.29, 1.82) is 0 Å². The molecule has 0 atom stereocenters. The van der Waals surface area contributed by atoms with Gasteiger partial charge in [-0.05, 0) is 67.6 Å². The van der Waals surface area contributed by atoms with Crippen LogP contribution in [0.3, 0.4) is 0 Å². The Morgan fingerprint density at radius 3 is 2.57 bits per heavy atom. The molecule has 182 valence electrons. The quantitative estimate of drug-likeness (QED) is 0.199. The van der Waals surface area contributed by atoms with E-state index in [0.717, 1.165) is 40.9 Å². The van der Waals surface area contributed by atoms with E-state index >= 15 is 0 Å². The minimum atomic E-state index is -0.184. The zero-order valence-corrected chi connectivity index (χ0v) is 22.7. The fourth-order valence-corrected chi connectivity index (χ4v) is 6.23. The van der Waals surface area contributed by atoms with E-state index in [1.807, 2.05) is 44.2 Å². The van der Waals surface area contributed by atoms with Gasteiger partial charge in [-0.15, -0.1) is 11.3 Å². The molecule has 8 heteroatoms. The van der Waals surface area contributed by atoms with Crippen molar-refractivity contribution in [3.05, 3.63) is 79.4 Å². The Hall–Kier alpha value is -2.61. The number of benzene rings is 2. The molecular formula is C27H28ClN3O2S2. The van der Waals surface area contributed by atoms with Crippen molar-refractivity contribution in [2.45, 2.75) is 52.1 Å². The Bertz CT molecular complexity index is 1440. The van der Waals surface area contributed by atoms with E-state index in [4.69, 9.17) is 16.6 Å². The highest BCUT2D eigenvalue weighted by molar-refractivity contribution is 7.99. The number of anilines is 1. The number of aromatic nitrogens is 2. The molecule has 0 aliphatic carbocycles. The fraction of sp³-hybridized carbons (Fsp3) is 0.296. The van der Waals surface area contributed by atoms with Crippen LogP contribution in [0, 0.1) is 13.8 Å². The molecule has 0 bridgehead atoms. The third-order valence-corrected chi connectivity index (χ3v) is 8.34. The van der Waals surface area contributed by atoms with Crippen LogP contribution in [-0.2, 0) is 17.6 Å². The highest BCUT2D eigenvalue weighted by Crippen LogP contribution is 2.31. The van der Waals surface area contributed by atoms with Gasteiger partial charge in [0.05, 0.1) is 16.8 Å². The van der Waals surface area contributed by atoms with E-state index in [0.29, 0.717) is 21.3 Å². The van der Waals surface area contributed by atoms with E-state index in [2.05, 4.69) is 19.2 Å². The Morgan fingerprint density at radius 2 is 1.89 bits per heavy atom. The molecular weight excluding hydrogens is 498 g/mol. The molecule has 4 aromatic rings. The van der Waals surface area contributed by atoms with Crippen LogP contribution in [0.25, 0.3) is 15.9 Å². The van der Waals surface area contributed by atoms with E-state index in [9.17, 15) is 9.59 Å². The summed E-state index contributed by atoms with van der Waals surface area (Å²) in [6.45, 7) is 8.15. The molecule has 2 aromatic carbocycles. The molecule has 0 spiro atoms. The summed E-state index contributed by atoms with van der Waals surface area (Å²) >= 11 is 8.92. The molecule has 0 unspecified atom stereocenters. The van der Waals surface area contributed by atoms with Gasteiger partial charge in [0, 0.05) is 15.6 Å². The molecule has 0 aliphatic rings. The molecule has 2 aromatic heterocycles.